The van der Waals surface area contributed by atoms with E-state index in [2.05, 4.69) is 31.0 Å². The summed E-state index contributed by atoms with van der Waals surface area (Å²) in [5.74, 6) is -0.472. The topological polar surface area (TPSA) is 162 Å². The zero-order valence-corrected chi connectivity index (χ0v) is 27.6. The molecule has 2 fully saturated rings. The maximum atomic E-state index is 13.9. The lowest BCUT2D eigenvalue weighted by atomic mass is 10.0. The van der Waals surface area contributed by atoms with Gasteiger partial charge < -0.3 is 21.3 Å². The summed E-state index contributed by atoms with van der Waals surface area (Å²) in [7, 11) is -3.86. The van der Waals surface area contributed by atoms with Gasteiger partial charge in [-0.2, -0.15) is 13.1 Å². The maximum absolute atomic E-state index is 13.9. The van der Waals surface area contributed by atoms with E-state index in [1.807, 2.05) is 43.3 Å². The minimum Gasteiger partial charge on any atom is -0.354 e. The van der Waals surface area contributed by atoms with Crippen LogP contribution in [0.5, 0.6) is 0 Å². The molecule has 1 aromatic heterocycles. The summed E-state index contributed by atoms with van der Waals surface area (Å²) in [6.45, 7) is 5.09. The van der Waals surface area contributed by atoms with Gasteiger partial charge in [-0.25, -0.2) is 0 Å². The first-order valence-corrected chi connectivity index (χ1v) is 17.5. The second kappa shape index (κ2) is 15.5. The fourth-order valence-electron chi connectivity index (χ4n) is 5.38. The Morgan fingerprint density at radius 2 is 1.70 bits per heavy atom. The largest absolute Gasteiger partial charge is 0.354 e. The van der Waals surface area contributed by atoms with Crippen LogP contribution in [0.1, 0.15) is 71.0 Å². The minimum absolute atomic E-state index is 0.0955. The van der Waals surface area contributed by atoms with Crippen molar-refractivity contribution in [3.63, 3.8) is 0 Å². The van der Waals surface area contributed by atoms with E-state index in [4.69, 9.17) is 0 Å². The molecule has 5 rings (SSSR count). The molecule has 1 aliphatic carbocycles. The number of anilines is 1. The standard InChI is InChI=1S/C34H43N7O5S/c1-23(27-10-6-13-35-21-27)39-33(43)28-17-29(19-31(18-28)41-15-7-14-38-47(41,45)46)34(44)40-30(16-25-8-4-3-5-9-25)22-36-24(2)32(42)37-20-26-11-12-26/h3-6,8-10,13,17-19,21,23-24,26,30,36,38H,7,11-12,14-16,20,22H2,1-2H3,(H,37,42)(H,39,43)(H,40,44)/t23?,24-,30-/m0/s1. The second-order valence-electron chi connectivity index (χ2n) is 12.3. The Balaban J connectivity index is 1.38. The van der Waals surface area contributed by atoms with Crippen LogP contribution >= 0.6 is 0 Å². The van der Waals surface area contributed by atoms with E-state index in [1.54, 1.807) is 25.4 Å². The Labute approximate surface area is 276 Å². The smallest absolute Gasteiger partial charge is 0.301 e. The molecular weight excluding hydrogens is 618 g/mol. The molecule has 1 aliphatic heterocycles. The molecule has 1 unspecified atom stereocenters. The van der Waals surface area contributed by atoms with Crippen molar-refractivity contribution in [1.82, 2.24) is 31.0 Å². The van der Waals surface area contributed by atoms with Crippen LogP contribution in [0.3, 0.4) is 0 Å². The summed E-state index contributed by atoms with van der Waals surface area (Å²) in [6.07, 6.45) is 6.63. The number of pyridine rings is 1. The molecule has 3 aromatic rings. The third-order valence-electron chi connectivity index (χ3n) is 8.36. The van der Waals surface area contributed by atoms with E-state index in [0.29, 0.717) is 38.4 Å². The van der Waals surface area contributed by atoms with Gasteiger partial charge in [0.05, 0.1) is 17.8 Å². The van der Waals surface area contributed by atoms with Gasteiger partial charge in [0.15, 0.2) is 0 Å². The Morgan fingerprint density at radius 3 is 2.36 bits per heavy atom. The van der Waals surface area contributed by atoms with Gasteiger partial charge in [-0.1, -0.05) is 36.4 Å². The van der Waals surface area contributed by atoms with E-state index < -0.39 is 34.1 Å². The van der Waals surface area contributed by atoms with Crippen molar-refractivity contribution in [2.24, 2.45) is 5.92 Å². The highest BCUT2D eigenvalue weighted by Gasteiger charge is 2.28. The zero-order chi connectivity index (χ0) is 33.4. The molecule has 2 heterocycles. The molecule has 250 valence electrons. The predicted molar refractivity (Wildman–Crippen MR) is 180 cm³/mol. The first-order chi connectivity index (χ1) is 22.6. The van der Waals surface area contributed by atoms with Crippen molar-refractivity contribution >= 4 is 33.6 Å². The van der Waals surface area contributed by atoms with Crippen LogP contribution in [0.2, 0.25) is 0 Å². The SMILES string of the molecule is CC(NC(=O)c1cc(C(=O)N[C@H](CN[C@@H](C)C(=O)NCC2CC2)Cc2ccccc2)cc(N2CCCNS2(=O)=O)c1)c1cccnc1. The number of nitrogens with zero attached hydrogens (tertiary/aromatic N) is 2. The van der Waals surface area contributed by atoms with Gasteiger partial charge >= 0.3 is 10.2 Å². The van der Waals surface area contributed by atoms with Gasteiger partial charge in [-0.3, -0.25) is 23.7 Å². The number of benzene rings is 2. The molecule has 1 saturated carbocycles. The van der Waals surface area contributed by atoms with Crippen LogP contribution in [0.4, 0.5) is 5.69 Å². The van der Waals surface area contributed by atoms with E-state index in [0.717, 1.165) is 24.0 Å². The first-order valence-electron chi connectivity index (χ1n) is 16.1. The number of hydrogen-bond acceptors (Lipinski definition) is 7. The lowest BCUT2D eigenvalue weighted by molar-refractivity contribution is -0.122. The molecule has 12 nitrogen and oxygen atoms in total. The van der Waals surface area contributed by atoms with Gasteiger partial charge in [0.2, 0.25) is 5.91 Å². The molecule has 3 amide bonds. The van der Waals surface area contributed by atoms with Crippen molar-refractivity contribution in [2.75, 3.05) is 30.5 Å². The highest BCUT2D eigenvalue weighted by molar-refractivity contribution is 7.90. The molecule has 47 heavy (non-hydrogen) atoms. The number of nitrogens with one attached hydrogen (secondary N) is 5. The molecule has 0 bridgehead atoms. The highest BCUT2D eigenvalue weighted by atomic mass is 32.2. The Kier molecular flexibility index (Phi) is 11.2. The molecule has 5 N–H and O–H groups in total. The molecule has 2 aliphatic rings. The third kappa shape index (κ3) is 9.60. The summed E-state index contributed by atoms with van der Waals surface area (Å²) < 4.78 is 29.6. The summed E-state index contributed by atoms with van der Waals surface area (Å²) >= 11 is 0. The maximum Gasteiger partial charge on any atom is 0.301 e. The van der Waals surface area contributed by atoms with E-state index in [-0.39, 0.29) is 35.3 Å². The average Bonchev–Trinajstić information content (AvgIpc) is 3.91. The summed E-state index contributed by atoms with van der Waals surface area (Å²) in [5, 5.41) is 12.2. The molecule has 2 aromatic carbocycles. The number of carbonyl (C=O) groups is 3. The second-order valence-corrected chi connectivity index (χ2v) is 13.9. The zero-order valence-electron chi connectivity index (χ0n) is 26.7. The lowest BCUT2D eigenvalue weighted by Gasteiger charge is -2.29. The fraction of sp³-hybridized carbons (Fsp3) is 0.412. The monoisotopic (exact) mass is 661 g/mol. The number of amides is 3. The lowest BCUT2D eigenvalue weighted by Crippen LogP contribution is -2.50. The van der Waals surface area contributed by atoms with Crippen LogP contribution in [-0.2, 0) is 21.4 Å². The Bertz CT molecular complexity index is 1650. The van der Waals surface area contributed by atoms with Gasteiger partial charge in [0, 0.05) is 55.7 Å². The average molecular weight is 662 g/mol. The Hall–Kier alpha value is -4.33. The Morgan fingerprint density at radius 1 is 0.979 bits per heavy atom. The quantitative estimate of drug-likeness (QED) is 0.177. The minimum atomic E-state index is -3.86. The molecule has 1 saturated heterocycles. The summed E-state index contributed by atoms with van der Waals surface area (Å²) in [5.41, 5.74) is 2.28. The van der Waals surface area contributed by atoms with Gasteiger partial charge in [-0.05, 0) is 80.8 Å². The molecule has 0 spiro atoms. The van der Waals surface area contributed by atoms with Crippen molar-refractivity contribution in [3.05, 3.63) is 95.3 Å². The fourth-order valence-corrected chi connectivity index (χ4v) is 6.69. The van der Waals surface area contributed by atoms with Crippen molar-refractivity contribution in [3.8, 4) is 0 Å². The number of carbonyl (C=O) groups excluding carboxylic acids is 3. The normalized spacial score (nSPS) is 17.6. The first kappa shape index (κ1) is 34.0. The number of rotatable bonds is 14. The van der Waals surface area contributed by atoms with Crippen LogP contribution in [-0.4, -0.2) is 69.4 Å². The van der Waals surface area contributed by atoms with Crippen molar-refractivity contribution < 1.29 is 22.8 Å². The molecular formula is C34H43N7O5S. The van der Waals surface area contributed by atoms with Gasteiger partial charge in [-0.15, -0.1) is 0 Å². The molecule has 3 atom stereocenters. The van der Waals surface area contributed by atoms with Crippen molar-refractivity contribution in [1.29, 1.82) is 0 Å². The van der Waals surface area contributed by atoms with E-state index in [1.165, 1.54) is 22.5 Å². The van der Waals surface area contributed by atoms with Gasteiger partial charge in [0.1, 0.15) is 0 Å². The van der Waals surface area contributed by atoms with Crippen LogP contribution < -0.4 is 30.3 Å². The molecule has 13 heteroatoms. The summed E-state index contributed by atoms with van der Waals surface area (Å²) in [6, 6.07) is 16.5. The molecule has 0 radical (unpaired) electrons. The third-order valence-corrected chi connectivity index (χ3v) is 9.90. The number of aromatic nitrogens is 1. The van der Waals surface area contributed by atoms with Crippen molar-refractivity contribution in [2.45, 2.75) is 57.7 Å². The van der Waals surface area contributed by atoms with Gasteiger partial charge in [0.25, 0.3) is 11.8 Å². The number of hydrogen-bond donors (Lipinski definition) is 5. The van der Waals surface area contributed by atoms with E-state index >= 15 is 0 Å². The van der Waals surface area contributed by atoms with Crippen LogP contribution in [0, 0.1) is 5.92 Å². The summed E-state index contributed by atoms with van der Waals surface area (Å²) in [4.78, 5) is 44.1. The predicted octanol–water partition coefficient (Wildman–Crippen LogP) is 2.46. The van der Waals surface area contributed by atoms with Crippen LogP contribution in [0.25, 0.3) is 0 Å². The van der Waals surface area contributed by atoms with Crippen LogP contribution in [0.15, 0.2) is 73.1 Å². The van der Waals surface area contributed by atoms with E-state index in [9.17, 15) is 22.8 Å². The highest BCUT2D eigenvalue weighted by Crippen LogP contribution is 2.27.